The molecule has 0 atom stereocenters. The van der Waals surface area contributed by atoms with Crippen LogP contribution in [0.15, 0.2) is 30.3 Å². The van der Waals surface area contributed by atoms with E-state index >= 15 is 0 Å². The van der Waals surface area contributed by atoms with Gasteiger partial charge >= 0.3 is 0 Å². The molecule has 0 saturated carbocycles. The minimum Gasteiger partial charge on any atom is -0.354 e. The molecule has 1 saturated heterocycles. The fourth-order valence-corrected chi connectivity index (χ4v) is 4.05. The molecule has 0 bridgehead atoms. The van der Waals surface area contributed by atoms with E-state index in [9.17, 15) is 4.79 Å². The number of hydrogen-bond acceptors (Lipinski definition) is 4. The Morgan fingerprint density at radius 1 is 1.00 bits per heavy atom. The number of carbonyl (C=O) groups is 1. The molecule has 0 N–H and O–H groups in total. The number of rotatable bonds is 7. The van der Waals surface area contributed by atoms with Gasteiger partial charge in [0.25, 0.3) is 0 Å². The summed E-state index contributed by atoms with van der Waals surface area (Å²) in [5.41, 5.74) is 3.52. The van der Waals surface area contributed by atoms with Crippen molar-refractivity contribution in [3.05, 3.63) is 53.0 Å². The number of anilines is 1. The first-order valence-corrected chi connectivity index (χ1v) is 11.0. The van der Waals surface area contributed by atoms with Crippen molar-refractivity contribution in [1.82, 2.24) is 14.9 Å². The third kappa shape index (κ3) is 5.78. The van der Waals surface area contributed by atoms with Crippen LogP contribution in [0.3, 0.4) is 0 Å². The van der Waals surface area contributed by atoms with Gasteiger partial charge in [-0.15, -0.1) is 0 Å². The Labute approximate surface area is 175 Å². The average molecular weight is 395 g/mol. The Balaban J connectivity index is 1.75. The standard InChI is InChI=1S/C24H34N4O/c1-4-5-7-13-23(29)27-14-10-15-28(17-16-27)24-22(19(2)25-20(3)26-24)18-21-11-8-6-9-12-21/h6,8-9,11-12H,4-5,7,10,13-18H2,1-3H3. The maximum Gasteiger partial charge on any atom is 0.222 e. The van der Waals surface area contributed by atoms with Crippen molar-refractivity contribution in [3.63, 3.8) is 0 Å². The van der Waals surface area contributed by atoms with Crippen molar-refractivity contribution in [2.45, 2.75) is 59.3 Å². The highest BCUT2D eigenvalue weighted by Gasteiger charge is 2.22. The minimum atomic E-state index is 0.305. The average Bonchev–Trinajstić information content (AvgIpc) is 2.97. The second-order valence-corrected chi connectivity index (χ2v) is 8.00. The number of amides is 1. The van der Waals surface area contributed by atoms with Gasteiger partial charge in [0.15, 0.2) is 0 Å². The molecule has 0 aliphatic carbocycles. The van der Waals surface area contributed by atoms with E-state index in [1.54, 1.807) is 0 Å². The normalized spacial score (nSPS) is 14.7. The number of unbranched alkanes of at least 4 members (excludes halogenated alkanes) is 2. The number of hydrogen-bond donors (Lipinski definition) is 0. The molecule has 5 heteroatoms. The van der Waals surface area contributed by atoms with Gasteiger partial charge < -0.3 is 9.80 Å². The van der Waals surface area contributed by atoms with Crippen LogP contribution in [0.1, 0.15) is 61.7 Å². The van der Waals surface area contributed by atoms with Crippen LogP contribution in [0.25, 0.3) is 0 Å². The summed E-state index contributed by atoms with van der Waals surface area (Å²) in [5, 5.41) is 0. The summed E-state index contributed by atoms with van der Waals surface area (Å²) in [7, 11) is 0. The van der Waals surface area contributed by atoms with Gasteiger partial charge in [0, 0.05) is 50.3 Å². The number of nitrogens with zero attached hydrogens (tertiary/aromatic N) is 4. The van der Waals surface area contributed by atoms with Crippen LogP contribution in [-0.4, -0.2) is 47.0 Å². The molecule has 156 valence electrons. The van der Waals surface area contributed by atoms with E-state index in [2.05, 4.69) is 48.0 Å². The fraction of sp³-hybridized carbons (Fsp3) is 0.542. The lowest BCUT2D eigenvalue weighted by atomic mass is 10.0. The van der Waals surface area contributed by atoms with E-state index in [1.807, 2.05) is 17.9 Å². The zero-order chi connectivity index (χ0) is 20.6. The quantitative estimate of drug-likeness (QED) is 0.657. The second-order valence-electron chi connectivity index (χ2n) is 8.00. The second kappa shape index (κ2) is 10.4. The molecule has 1 aromatic heterocycles. The Hall–Kier alpha value is -2.43. The van der Waals surface area contributed by atoms with Gasteiger partial charge in [0.2, 0.25) is 5.91 Å². The van der Waals surface area contributed by atoms with Gasteiger partial charge in [-0.3, -0.25) is 4.79 Å². The molecule has 0 radical (unpaired) electrons. The van der Waals surface area contributed by atoms with Crippen LogP contribution in [0.4, 0.5) is 5.82 Å². The molecule has 1 aliphatic heterocycles. The van der Waals surface area contributed by atoms with E-state index in [0.717, 1.165) is 75.6 Å². The monoisotopic (exact) mass is 394 g/mol. The molecule has 5 nitrogen and oxygen atoms in total. The third-order valence-corrected chi connectivity index (χ3v) is 5.67. The number of aryl methyl sites for hydroxylation is 2. The molecule has 2 heterocycles. The lowest BCUT2D eigenvalue weighted by Gasteiger charge is -2.26. The molecule has 1 fully saturated rings. The summed E-state index contributed by atoms with van der Waals surface area (Å²) in [6.07, 6.45) is 5.77. The molecular formula is C24H34N4O. The van der Waals surface area contributed by atoms with Crippen LogP contribution in [0.2, 0.25) is 0 Å². The number of carbonyl (C=O) groups excluding carboxylic acids is 1. The predicted molar refractivity (Wildman–Crippen MR) is 118 cm³/mol. The zero-order valence-corrected chi connectivity index (χ0v) is 18.2. The summed E-state index contributed by atoms with van der Waals surface area (Å²) in [4.78, 5) is 26.4. The molecule has 29 heavy (non-hydrogen) atoms. The lowest BCUT2D eigenvalue weighted by Crippen LogP contribution is -2.35. The van der Waals surface area contributed by atoms with Gasteiger partial charge in [-0.2, -0.15) is 0 Å². The van der Waals surface area contributed by atoms with E-state index < -0.39 is 0 Å². The van der Waals surface area contributed by atoms with Gasteiger partial charge in [0.1, 0.15) is 11.6 Å². The molecule has 1 aliphatic rings. The summed E-state index contributed by atoms with van der Waals surface area (Å²) < 4.78 is 0. The van der Waals surface area contributed by atoms with Gasteiger partial charge in [0.05, 0.1) is 0 Å². The van der Waals surface area contributed by atoms with Crippen molar-refractivity contribution in [2.75, 3.05) is 31.1 Å². The Morgan fingerprint density at radius 2 is 1.79 bits per heavy atom. The fourth-order valence-electron chi connectivity index (χ4n) is 4.05. The Kier molecular flexibility index (Phi) is 7.62. The van der Waals surface area contributed by atoms with Crippen LogP contribution >= 0.6 is 0 Å². The molecule has 3 rings (SSSR count). The van der Waals surface area contributed by atoms with E-state index in [4.69, 9.17) is 4.98 Å². The SMILES string of the molecule is CCCCCC(=O)N1CCCN(c2nc(C)nc(C)c2Cc2ccccc2)CC1. The number of aromatic nitrogens is 2. The molecule has 1 aromatic carbocycles. The highest BCUT2D eigenvalue weighted by Crippen LogP contribution is 2.25. The lowest BCUT2D eigenvalue weighted by molar-refractivity contribution is -0.131. The molecular weight excluding hydrogens is 360 g/mol. The summed E-state index contributed by atoms with van der Waals surface area (Å²) in [6, 6.07) is 10.5. The topological polar surface area (TPSA) is 49.3 Å². The van der Waals surface area contributed by atoms with Crippen LogP contribution in [-0.2, 0) is 11.2 Å². The maximum absolute atomic E-state index is 12.6. The first-order chi connectivity index (χ1) is 14.1. The molecule has 2 aromatic rings. The summed E-state index contributed by atoms with van der Waals surface area (Å²) in [5.74, 6) is 2.16. The Bertz CT molecular complexity index is 806. The van der Waals surface area contributed by atoms with Gasteiger partial charge in [-0.05, 0) is 32.3 Å². The van der Waals surface area contributed by atoms with Crippen LogP contribution in [0.5, 0.6) is 0 Å². The smallest absolute Gasteiger partial charge is 0.222 e. The van der Waals surface area contributed by atoms with Gasteiger partial charge in [-0.25, -0.2) is 9.97 Å². The van der Waals surface area contributed by atoms with E-state index in [-0.39, 0.29) is 0 Å². The Morgan fingerprint density at radius 3 is 2.55 bits per heavy atom. The largest absolute Gasteiger partial charge is 0.354 e. The van der Waals surface area contributed by atoms with Crippen molar-refractivity contribution in [1.29, 1.82) is 0 Å². The maximum atomic E-state index is 12.6. The van der Waals surface area contributed by atoms with Gasteiger partial charge in [-0.1, -0.05) is 50.1 Å². The predicted octanol–water partition coefficient (Wildman–Crippen LogP) is 4.30. The third-order valence-electron chi connectivity index (χ3n) is 5.67. The first kappa shape index (κ1) is 21.3. The van der Waals surface area contributed by atoms with Crippen molar-refractivity contribution >= 4 is 11.7 Å². The summed E-state index contributed by atoms with van der Waals surface area (Å²) >= 11 is 0. The van der Waals surface area contributed by atoms with Crippen LogP contribution in [0, 0.1) is 13.8 Å². The van der Waals surface area contributed by atoms with E-state index in [1.165, 1.54) is 11.1 Å². The van der Waals surface area contributed by atoms with Crippen molar-refractivity contribution in [2.24, 2.45) is 0 Å². The summed E-state index contributed by atoms with van der Waals surface area (Å²) in [6.45, 7) is 9.60. The van der Waals surface area contributed by atoms with Crippen LogP contribution < -0.4 is 4.90 Å². The van der Waals surface area contributed by atoms with Crippen molar-refractivity contribution < 1.29 is 4.79 Å². The van der Waals surface area contributed by atoms with E-state index in [0.29, 0.717) is 12.3 Å². The van der Waals surface area contributed by atoms with Crippen molar-refractivity contribution in [3.8, 4) is 0 Å². The zero-order valence-electron chi connectivity index (χ0n) is 18.2. The molecule has 1 amide bonds. The molecule has 0 spiro atoms. The first-order valence-electron chi connectivity index (χ1n) is 11.0. The highest BCUT2D eigenvalue weighted by atomic mass is 16.2. The molecule has 0 unspecified atom stereocenters. The minimum absolute atomic E-state index is 0.305. The highest BCUT2D eigenvalue weighted by molar-refractivity contribution is 5.76. The number of benzene rings is 1.